The molecule has 2 N–H and O–H groups in total. The molecule has 0 radical (unpaired) electrons. The Morgan fingerprint density at radius 2 is 2.07 bits per heavy atom. The van der Waals surface area contributed by atoms with E-state index in [1.165, 1.54) is 16.9 Å². The molecule has 1 aliphatic carbocycles. The Morgan fingerprint density at radius 3 is 2.83 bits per heavy atom. The van der Waals surface area contributed by atoms with Gasteiger partial charge in [-0.3, -0.25) is 9.78 Å². The highest BCUT2D eigenvalue weighted by molar-refractivity contribution is 8.00. The summed E-state index contributed by atoms with van der Waals surface area (Å²) in [6.45, 7) is 1.98. The molecular weight excluding hydrogens is 420 g/mol. The van der Waals surface area contributed by atoms with E-state index < -0.39 is 0 Å². The van der Waals surface area contributed by atoms with Crippen LogP contribution in [0.5, 0.6) is 0 Å². The molecule has 1 aromatic carbocycles. The molecule has 0 spiro atoms. The van der Waals surface area contributed by atoms with Crippen molar-refractivity contribution in [1.82, 2.24) is 9.97 Å². The number of thiazole rings is 1. The van der Waals surface area contributed by atoms with Crippen LogP contribution in [-0.4, -0.2) is 15.9 Å². The van der Waals surface area contributed by atoms with Crippen molar-refractivity contribution in [1.29, 1.82) is 0 Å². The van der Waals surface area contributed by atoms with Crippen LogP contribution in [-0.2, 0) is 4.79 Å². The van der Waals surface area contributed by atoms with E-state index >= 15 is 0 Å². The maximum Gasteiger partial charge on any atom is 0.229 e. The number of carbonyl (C=O) groups is 1. The van der Waals surface area contributed by atoms with Gasteiger partial charge in [0.15, 0.2) is 5.13 Å². The first-order valence-electron chi connectivity index (χ1n) is 9.26. The van der Waals surface area contributed by atoms with Gasteiger partial charge in [0.25, 0.3) is 0 Å². The Bertz CT molecular complexity index is 1150. The number of nitrogens with zero attached hydrogens (tertiary/aromatic N) is 2. The summed E-state index contributed by atoms with van der Waals surface area (Å²) in [7, 11) is 0. The fourth-order valence-corrected chi connectivity index (χ4v) is 5.56. The summed E-state index contributed by atoms with van der Waals surface area (Å²) in [6, 6.07) is 12.6. The molecule has 1 saturated carbocycles. The smallest absolute Gasteiger partial charge is 0.229 e. The highest BCUT2D eigenvalue weighted by Gasteiger charge is 2.44. The van der Waals surface area contributed by atoms with Crippen LogP contribution in [0.3, 0.4) is 0 Å². The summed E-state index contributed by atoms with van der Waals surface area (Å²) >= 11 is 4.76. The maximum absolute atomic E-state index is 12.6. The van der Waals surface area contributed by atoms with E-state index in [1.807, 2.05) is 13.0 Å². The number of fused-ring (bicyclic) bond motifs is 1. The zero-order valence-electron chi connectivity index (χ0n) is 15.6. The van der Waals surface area contributed by atoms with Crippen LogP contribution in [0, 0.1) is 12.8 Å². The lowest BCUT2D eigenvalue weighted by molar-refractivity contribution is -0.117. The predicted octanol–water partition coefficient (Wildman–Crippen LogP) is 5.92. The van der Waals surface area contributed by atoms with Gasteiger partial charge in [0.05, 0.1) is 15.2 Å². The number of benzene rings is 1. The number of pyridine rings is 1. The minimum absolute atomic E-state index is 0.0176. The van der Waals surface area contributed by atoms with Crippen LogP contribution in [0.1, 0.15) is 23.5 Å². The molecule has 0 bridgehead atoms. The summed E-state index contributed by atoms with van der Waals surface area (Å²) in [6.07, 6.45) is 4.47. The molecule has 4 aromatic rings. The molecule has 2 atom stereocenters. The number of aromatic nitrogens is 2. The van der Waals surface area contributed by atoms with Gasteiger partial charge < -0.3 is 10.0 Å². The van der Waals surface area contributed by atoms with E-state index in [-0.39, 0.29) is 17.7 Å². The predicted molar refractivity (Wildman–Crippen MR) is 122 cm³/mol. The molecule has 1 aliphatic rings. The lowest BCUT2D eigenvalue weighted by Crippen LogP contribution is -2.14. The summed E-state index contributed by atoms with van der Waals surface area (Å²) < 4.78 is 4.33. The molecule has 0 aliphatic heterocycles. The van der Waals surface area contributed by atoms with Crippen molar-refractivity contribution in [2.45, 2.75) is 24.2 Å². The second kappa shape index (κ2) is 7.78. The van der Waals surface area contributed by atoms with E-state index in [0.29, 0.717) is 5.13 Å². The molecule has 3 aromatic heterocycles. The maximum atomic E-state index is 12.6. The quantitative estimate of drug-likeness (QED) is 0.366. The number of carbonyl (C=O) groups excluding carboxylic acids is 1. The van der Waals surface area contributed by atoms with Gasteiger partial charge in [0.1, 0.15) is 0 Å². The van der Waals surface area contributed by atoms with Crippen LogP contribution < -0.4 is 10.0 Å². The van der Waals surface area contributed by atoms with Crippen molar-refractivity contribution >= 4 is 60.9 Å². The monoisotopic (exact) mass is 438 g/mol. The average Bonchev–Trinajstić information content (AvgIpc) is 3.15. The number of thiophene rings is 1. The molecule has 8 heteroatoms. The third-order valence-corrected chi connectivity index (χ3v) is 7.59. The van der Waals surface area contributed by atoms with Crippen LogP contribution in [0.25, 0.3) is 10.2 Å². The molecule has 3 heterocycles. The molecule has 2 unspecified atom stereocenters. The molecule has 5 rings (SSSR count). The van der Waals surface area contributed by atoms with Crippen LogP contribution >= 0.6 is 34.6 Å². The van der Waals surface area contributed by atoms with Gasteiger partial charge in [-0.15, -0.1) is 11.3 Å². The van der Waals surface area contributed by atoms with Crippen molar-refractivity contribution in [3.05, 3.63) is 65.3 Å². The second-order valence-electron chi connectivity index (χ2n) is 7.01. The third kappa shape index (κ3) is 4.01. The van der Waals surface area contributed by atoms with E-state index in [0.717, 1.165) is 32.1 Å². The molecule has 0 saturated heterocycles. The molecule has 1 amide bonds. The lowest BCUT2D eigenvalue weighted by Gasteiger charge is -2.05. The number of hydrogen-bond acceptors (Lipinski definition) is 7. The minimum atomic E-state index is 0.0176. The Hall–Kier alpha value is -2.42. The number of nitrogens with one attached hydrogen (secondary N) is 2. The van der Waals surface area contributed by atoms with Gasteiger partial charge in [0, 0.05) is 23.2 Å². The largest absolute Gasteiger partial charge is 0.317 e. The number of aryl methyl sites for hydroxylation is 1. The van der Waals surface area contributed by atoms with E-state index in [9.17, 15) is 4.79 Å². The van der Waals surface area contributed by atoms with E-state index in [2.05, 4.69) is 55.7 Å². The Kier molecular flexibility index (Phi) is 4.99. The summed E-state index contributed by atoms with van der Waals surface area (Å²) in [5.41, 5.74) is 3.15. The van der Waals surface area contributed by atoms with E-state index in [4.69, 9.17) is 0 Å². The van der Waals surface area contributed by atoms with Crippen molar-refractivity contribution in [2.24, 2.45) is 5.92 Å². The first-order chi connectivity index (χ1) is 14.2. The number of amides is 1. The van der Waals surface area contributed by atoms with Crippen LogP contribution in [0.2, 0.25) is 0 Å². The Morgan fingerprint density at radius 1 is 1.21 bits per heavy atom. The SMILES string of the molecule is Cc1cncc2sc(NC(=O)C3CC3c3ccc(SNc4cccs4)cc3)nc12. The number of hydrogen-bond donors (Lipinski definition) is 2. The summed E-state index contributed by atoms with van der Waals surface area (Å²) in [5.74, 6) is 0.360. The zero-order valence-corrected chi connectivity index (χ0v) is 18.0. The number of anilines is 2. The van der Waals surface area contributed by atoms with E-state index in [1.54, 1.807) is 35.7 Å². The third-order valence-electron chi connectivity index (χ3n) is 4.94. The van der Waals surface area contributed by atoms with Gasteiger partial charge in [-0.2, -0.15) is 0 Å². The highest BCUT2D eigenvalue weighted by Crippen LogP contribution is 2.48. The molecule has 5 nitrogen and oxygen atoms in total. The van der Waals surface area contributed by atoms with Crippen molar-refractivity contribution in [3.63, 3.8) is 0 Å². The van der Waals surface area contributed by atoms with Gasteiger partial charge in [-0.25, -0.2) is 4.98 Å². The fraction of sp³-hybridized carbons (Fsp3) is 0.190. The molecule has 146 valence electrons. The van der Waals surface area contributed by atoms with Gasteiger partial charge >= 0.3 is 0 Å². The van der Waals surface area contributed by atoms with Gasteiger partial charge in [-0.1, -0.05) is 23.5 Å². The summed E-state index contributed by atoms with van der Waals surface area (Å²) in [4.78, 5) is 22.5. The first-order valence-corrected chi connectivity index (χ1v) is 11.8. The standard InChI is InChI=1S/C21H18N4OS3/c1-12-10-22-11-17-19(12)23-21(28-17)24-20(26)16-9-15(16)13-4-6-14(7-5-13)29-25-18-3-2-8-27-18/h2-8,10-11,15-16,25H,9H2,1H3,(H,23,24,26). The van der Waals surface area contributed by atoms with Gasteiger partial charge in [-0.05, 0) is 72.0 Å². The van der Waals surface area contributed by atoms with Crippen molar-refractivity contribution in [3.8, 4) is 0 Å². The Labute approximate surface area is 180 Å². The summed E-state index contributed by atoms with van der Waals surface area (Å²) in [5, 5.41) is 6.84. The second-order valence-corrected chi connectivity index (χ2v) is 9.87. The van der Waals surface area contributed by atoms with Crippen molar-refractivity contribution < 1.29 is 4.79 Å². The fourth-order valence-electron chi connectivity index (χ4n) is 3.31. The van der Waals surface area contributed by atoms with Gasteiger partial charge in [0.2, 0.25) is 5.91 Å². The first kappa shape index (κ1) is 18.6. The minimum Gasteiger partial charge on any atom is -0.317 e. The van der Waals surface area contributed by atoms with Crippen LogP contribution in [0.4, 0.5) is 10.1 Å². The zero-order chi connectivity index (χ0) is 19.8. The Balaban J connectivity index is 1.19. The molecular formula is C21H18N4OS3. The normalized spacial score (nSPS) is 18.0. The van der Waals surface area contributed by atoms with Crippen LogP contribution in [0.15, 0.2) is 59.1 Å². The van der Waals surface area contributed by atoms with Crippen molar-refractivity contribution in [2.75, 3.05) is 10.0 Å². The molecule has 29 heavy (non-hydrogen) atoms. The average molecular weight is 439 g/mol. The molecule has 1 fully saturated rings. The lowest BCUT2D eigenvalue weighted by atomic mass is 10.1. The highest BCUT2D eigenvalue weighted by atomic mass is 32.2. The topological polar surface area (TPSA) is 66.9 Å². The number of rotatable bonds is 6.